The third kappa shape index (κ3) is 4.24. The molecule has 0 bridgehead atoms. The van der Waals surface area contributed by atoms with Crippen LogP contribution < -0.4 is 5.56 Å². The van der Waals surface area contributed by atoms with Crippen molar-refractivity contribution in [3.8, 4) is 0 Å². The van der Waals surface area contributed by atoms with Crippen LogP contribution in [0.5, 0.6) is 0 Å². The van der Waals surface area contributed by atoms with Crippen molar-refractivity contribution in [1.82, 2.24) is 9.78 Å². The fourth-order valence-electron chi connectivity index (χ4n) is 3.31. The van der Waals surface area contributed by atoms with Crippen LogP contribution in [0, 0.1) is 0 Å². The summed E-state index contributed by atoms with van der Waals surface area (Å²) in [6.07, 6.45) is -3.91. The Balaban J connectivity index is 1.74. The lowest BCUT2D eigenvalue weighted by atomic mass is 10.0. The molecule has 4 rings (SSSR count). The summed E-state index contributed by atoms with van der Waals surface area (Å²) < 4.78 is 39.7. The third-order valence-corrected chi connectivity index (χ3v) is 5.09. The van der Waals surface area contributed by atoms with Crippen LogP contribution in [0.3, 0.4) is 0 Å². The number of benzene rings is 3. The van der Waals surface area contributed by atoms with Crippen molar-refractivity contribution in [2.75, 3.05) is 0 Å². The van der Waals surface area contributed by atoms with Crippen molar-refractivity contribution in [2.24, 2.45) is 0 Å². The molecule has 0 saturated heterocycles. The number of hydrogen-bond donors (Lipinski definition) is 0. The first kappa shape index (κ1) is 20.2. The molecule has 0 aliphatic heterocycles. The van der Waals surface area contributed by atoms with E-state index in [0.717, 1.165) is 23.1 Å². The third-order valence-electron chi connectivity index (χ3n) is 4.84. The summed E-state index contributed by atoms with van der Waals surface area (Å²) in [4.78, 5) is 12.9. The van der Waals surface area contributed by atoms with E-state index in [1.165, 1.54) is 16.8 Å². The van der Waals surface area contributed by atoms with Gasteiger partial charge in [0, 0.05) is 16.8 Å². The number of hydrogen-bond acceptors (Lipinski definition) is 2. The lowest BCUT2D eigenvalue weighted by Crippen LogP contribution is -2.25. The second-order valence-electron chi connectivity index (χ2n) is 6.95. The molecule has 0 amide bonds. The van der Waals surface area contributed by atoms with Gasteiger partial charge in [-0.2, -0.15) is 18.3 Å². The molecule has 1 aromatic heterocycles. The molecule has 30 heavy (non-hydrogen) atoms. The standard InChI is InChI=1S/C23H16ClF3N2O/c24-18-11-7-15(8-12-18)13-21-19-3-1-2-4-20(19)22(30)29(28-21)14-16-5-9-17(10-6-16)23(25,26)27/h1-12H,13-14H2. The average molecular weight is 429 g/mol. The van der Waals surface area contributed by atoms with E-state index in [2.05, 4.69) is 5.10 Å². The Kier molecular flexibility index (Phi) is 5.35. The van der Waals surface area contributed by atoms with Crippen LogP contribution in [0.1, 0.15) is 22.4 Å². The summed E-state index contributed by atoms with van der Waals surface area (Å²) in [7, 11) is 0. The zero-order valence-corrected chi connectivity index (χ0v) is 16.4. The van der Waals surface area contributed by atoms with Crippen molar-refractivity contribution >= 4 is 22.4 Å². The molecule has 3 aromatic carbocycles. The summed E-state index contributed by atoms with van der Waals surface area (Å²) in [5.41, 5.74) is 1.24. The molecule has 0 aliphatic rings. The molecular formula is C23H16ClF3N2O. The molecule has 0 radical (unpaired) electrons. The zero-order valence-electron chi connectivity index (χ0n) is 15.7. The molecule has 0 unspecified atom stereocenters. The minimum absolute atomic E-state index is 0.0788. The van der Waals surface area contributed by atoms with Crippen LogP contribution in [-0.4, -0.2) is 9.78 Å². The van der Waals surface area contributed by atoms with E-state index in [1.54, 1.807) is 24.3 Å². The minimum atomic E-state index is -4.40. The molecule has 0 spiro atoms. The number of rotatable bonds is 4. The maximum Gasteiger partial charge on any atom is 0.416 e. The van der Waals surface area contributed by atoms with Crippen LogP contribution in [0.15, 0.2) is 77.6 Å². The highest BCUT2D eigenvalue weighted by atomic mass is 35.5. The first-order chi connectivity index (χ1) is 14.3. The van der Waals surface area contributed by atoms with Gasteiger partial charge in [-0.05, 0) is 41.5 Å². The molecule has 7 heteroatoms. The first-order valence-corrected chi connectivity index (χ1v) is 9.58. The van der Waals surface area contributed by atoms with Crippen LogP contribution >= 0.6 is 11.6 Å². The Hall–Kier alpha value is -3.12. The SMILES string of the molecule is O=c1c2ccccc2c(Cc2ccc(Cl)cc2)nn1Cc1ccc(C(F)(F)F)cc1. The summed E-state index contributed by atoms with van der Waals surface area (Å²) in [6, 6.07) is 19.3. The van der Waals surface area contributed by atoms with Crippen molar-refractivity contribution < 1.29 is 13.2 Å². The van der Waals surface area contributed by atoms with Crippen LogP contribution in [-0.2, 0) is 19.1 Å². The summed E-state index contributed by atoms with van der Waals surface area (Å²) in [6.45, 7) is 0.0788. The first-order valence-electron chi connectivity index (χ1n) is 9.20. The Morgan fingerprint density at radius 1 is 0.833 bits per heavy atom. The normalized spacial score (nSPS) is 11.7. The topological polar surface area (TPSA) is 34.9 Å². The Morgan fingerprint density at radius 2 is 1.43 bits per heavy atom. The predicted molar refractivity (Wildman–Crippen MR) is 111 cm³/mol. The van der Waals surface area contributed by atoms with Gasteiger partial charge in [-0.15, -0.1) is 0 Å². The number of alkyl halides is 3. The smallest absolute Gasteiger partial charge is 0.267 e. The highest BCUT2D eigenvalue weighted by Crippen LogP contribution is 2.29. The summed E-state index contributed by atoms with van der Waals surface area (Å²) in [5, 5.41) is 6.43. The minimum Gasteiger partial charge on any atom is -0.267 e. The molecule has 0 aliphatic carbocycles. The monoisotopic (exact) mass is 428 g/mol. The van der Waals surface area contributed by atoms with Gasteiger partial charge in [0.25, 0.3) is 5.56 Å². The second-order valence-corrected chi connectivity index (χ2v) is 7.39. The van der Waals surface area contributed by atoms with Gasteiger partial charge in [0.1, 0.15) is 0 Å². The Bertz CT molecular complexity index is 1250. The largest absolute Gasteiger partial charge is 0.416 e. The van der Waals surface area contributed by atoms with Gasteiger partial charge in [0.2, 0.25) is 0 Å². The molecular weight excluding hydrogens is 413 g/mol. The Morgan fingerprint density at radius 3 is 2.07 bits per heavy atom. The van der Waals surface area contributed by atoms with Gasteiger partial charge in [-0.3, -0.25) is 4.79 Å². The molecule has 3 nitrogen and oxygen atoms in total. The molecule has 0 fully saturated rings. The van der Waals surface area contributed by atoms with Crippen molar-refractivity contribution in [2.45, 2.75) is 19.1 Å². The van der Waals surface area contributed by atoms with Crippen LogP contribution in [0.25, 0.3) is 10.8 Å². The highest BCUT2D eigenvalue weighted by Gasteiger charge is 2.29. The van der Waals surface area contributed by atoms with Gasteiger partial charge in [0.05, 0.1) is 23.2 Å². The van der Waals surface area contributed by atoms with Crippen molar-refractivity contribution in [1.29, 1.82) is 0 Å². The van der Waals surface area contributed by atoms with Gasteiger partial charge >= 0.3 is 6.18 Å². The maximum atomic E-state index is 12.9. The quantitative estimate of drug-likeness (QED) is 0.417. The highest BCUT2D eigenvalue weighted by molar-refractivity contribution is 6.30. The number of fused-ring (bicyclic) bond motifs is 1. The number of halogens is 4. The van der Waals surface area contributed by atoms with Gasteiger partial charge in [-0.1, -0.05) is 54.1 Å². The van der Waals surface area contributed by atoms with Gasteiger partial charge in [0.15, 0.2) is 0 Å². The van der Waals surface area contributed by atoms with Crippen LogP contribution in [0.4, 0.5) is 13.2 Å². The molecule has 0 N–H and O–H groups in total. The number of aromatic nitrogens is 2. The molecule has 0 atom stereocenters. The fraction of sp³-hybridized carbons (Fsp3) is 0.130. The number of nitrogens with zero attached hydrogens (tertiary/aromatic N) is 2. The molecule has 152 valence electrons. The van der Waals surface area contributed by atoms with E-state index in [-0.39, 0.29) is 12.1 Å². The zero-order chi connectivity index (χ0) is 21.3. The van der Waals surface area contributed by atoms with E-state index in [4.69, 9.17) is 11.6 Å². The van der Waals surface area contributed by atoms with E-state index in [9.17, 15) is 18.0 Å². The van der Waals surface area contributed by atoms with Crippen LogP contribution in [0.2, 0.25) is 5.02 Å². The average Bonchev–Trinajstić information content (AvgIpc) is 2.73. The van der Waals surface area contributed by atoms with E-state index in [0.29, 0.717) is 28.1 Å². The van der Waals surface area contributed by atoms with E-state index < -0.39 is 11.7 Å². The summed E-state index contributed by atoms with van der Waals surface area (Å²) in [5.74, 6) is 0. The van der Waals surface area contributed by atoms with Crippen molar-refractivity contribution in [3.63, 3.8) is 0 Å². The molecule has 0 saturated carbocycles. The fourth-order valence-corrected chi connectivity index (χ4v) is 3.44. The molecule has 1 heterocycles. The second kappa shape index (κ2) is 7.95. The molecule has 4 aromatic rings. The lowest BCUT2D eigenvalue weighted by Gasteiger charge is -2.12. The summed E-state index contributed by atoms with van der Waals surface area (Å²) >= 11 is 5.95. The van der Waals surface area contributed by atoms with Crippen molar-refractivity contribution in [3.05, 3.63) is 111 Å². The lowest BCUT2D eigenvalue weighted by molar-refractivity contribution is -0.137. The van der Waals surface area contributed by atoms with E-state index >= 15 is 0 Å². The maximum absolute atomic E-state index is 12.9. The van der Waals surface area contributed by atoms with E-state index in [1.807, 2.05) is 24.3 Å². The Labute approximate surface area is 175 Å². The van der Waals surface area contributed by atoms with Gasteiger partial charge in [-0.25, -0.2) is 4.68 Å². The van der Waals surface area contributed by atoms with Gasteiger partial charge < -0.3 is 0 Å². The predicted octanol–water partition coefficient (Wildman–Crippen LogP) is 5.71.